The molecule has 2 aromatic rings. The van der Waals surface area contributed by atoms with E-state index in [4.69, 9.17) is 4.74 Å². The predicted molar refractivity (Wildman–Crippen MR) is 80.5 cm³/mol. The molecule has 1 atom stereocenters. The number of benzene rings is 1. The van der Waals surface area contributed by atoms with E-state index in [1.165, 1.54) is 4.57 Å². The van der Waals surface area contributed by atoms with Crippen LogP contribution < -0.4 is 10.4 Å². The van der Waals surface area contributed by atoms with E-state index >= 15 is 0 Å². The first-order chi connectivity index (χ1) is 10.0. The third-order valence-electron chi connectivity index (χ3n) is 4.08. The Labute approximate surface area is 122 Å². The molecule has 1 N–H and O–H groups in total. The highest BCUT2D eigenvalue weighted by molar-refractivity contribution is 7.92. The average molecular weight is 310 g/mol. The van der Waals surface area contributed by atoms with E-state index in [-0.39, 0.29) is 18.0 Å². The molecular weight excluding hydrogens is 292 g/mol. The average Bonchev–Trinajstić information content (AvgIpc) is 2.76. The molecular formula is C14H18N2O4S. The number of aromatic nitrogens is 2. The monoisotopic (exact) mass is 310 g/mol. The fourth-order valence-corrected chi connectivity index (χ4v) is 4.71. The van der Waals surface area contributed by atoms with Gasteiger partial charge in [-0.2, -0.15) is 0 Å². The second kappa shape index (κ2) is 5.22. The highest BCUT2D eigenvalue weighted by atomic mass is 32.2. The molecule has 1 aliphatic heterocycles. The van der Waals surface area contributed by atoms with Gasteiger partial charge in [0, 0.05) is 12.6 Å². The Kier molecular flexibility index (Phi) is 3.52. The third kappa shape index (κ3) is 2.57. The van der Waals surface area contributed by atoms with Crippen LogP contribution in [0.1, 0.15) is 19.3 Å². The van der Waals surface area contributed by atoms with Gasteiger partial charge < -0.3 is 9.72 Å². The van der Waals surface area contributed by atoms with Gasteiger partial charge in [0.15, 0.2) is 9.84 Å². The molecule has 0 saturated carbocycles. The van der Waals surface area contributed by atoms with Crippen LogP contribution in [0.5, 0.6) is 5.75 Å². The van der Waals surface area contributed by atoms with Crippen LogP contribution in [0.15, 0.2) is 23.0 Å². The Hall–Kier alpha value is -1.76. The minimum atomic E-state index is -3.11. The molecule has 21 heavy (non-hydrogen) atoms. The van der Waals surface area contributed by atoms with Gasteiger partial charge in [-0.05, 0) is 25.0 Å². The predicted octanol–water partition coefficient (Wildman–Crippen LogP) is 1.31. The molecule has 6 nitrogen and oxygen atoms in total. The molecule has 1 fully saturated rings. The van der Waals surface area contributed by atoms with Gasteiger partial charge in [-0.15, -0.1) is 0 Å². The van der Waals surface area contributed by atoms with Crippen LogP contribution in [0, 0.1) is 0 Å². The van der Waals surface area contributed by atoms with Crippen LogP contribution in [0.25, 0.3) is 11.0 Å². The smallest absolute Gasteiger partial charge is 0.326 e. The van der Waals surface area contributed by atoms with Crippen LogP contribution in [-0.4, -0.2) is 36.1 Å². The van der Waals surface area contributed by atoms with Gasteiger partial charge in [0.2, 0.25) is 0 Å². The van der Waals surface area contributed by atoms with E-state index in [1.54, 1.807) is 25.3 Å². The van der Waals surface area contributed by atoms with Crippen molar-refractivity contribution in [3.05, 3.63) is 28.7 Å². The van der Waals surface area contributed by atoms with E-state index in [9.17, 15) is 13.2 Å². The maximum absolute atomic E-state index is 12.1. The fourth-order valence-electron chi connectivity index (χ4n) is 2.87. The van der Waals surface area contributed by atoms with Crippen LogP contribution >= 0.6 is 0 Å². The Balaban J connectivity index is 2.03. The van der Waals surface area contributed by atoms with Crippen molar-refractivity contribution < 1.29 is 13.2 Å². The second-order valence-electron chi connectivity index (χ2n) is 5.41. The van der Waals surface area contributed by atoms with Crippen molar-refractivity contribution in [2.75, 3.05) is 12.9 Å². The molecule has 0 bridgehead atoms. The lowest BCUT2D eigenvalue weighted by Crippen LogP contribution is -2.34. The summed E-state index contributed by atoms with van der Waals surface area (Å²) in [7, 11) is -1.55. The normalized spacial score (nSPS) is 21.5. The number of hydrogen-bond acceptors (Lipinski definition) is 4. The number of imidazole rings is 1. The van der Waals surface area contributed by atoms with Gasteiger partial charge in [-0.25, -0.2) is 13.2 Å². The number of nitrogens with one attached hydrogen (secondary N) is 1. The molecule has 0 aliphatic carbocycles. The number of methoxy groups -OCH3 is 1. The van der Waals surface area contributed by atoms with E-state index < -0.39 is 15.1 Å². The summed E-state index contributed by atoms with van der Waals surface area (Å²) in [4.78, 5) is 14.8. The Morgan fingerprint density at radius 3 is 2.90 bits per heavy atom. The topological polar surface area (TPSA) is 81.2 Å². The van der Waals surface area contributed by atoms with Gasteiger partial charge in [-0.3, -0.25) is 4.57 Å². The third-order valence-corrected chi connectivity index (χ3v) is 6.34. The largest absolute Gasteiger partial charge is 0.497 e. The maximum atomic E-state index is 12.1. The van der Waals surface area contributed by atoms with Crippen LogP contribution in [0.3, 0.4) is 0 Å². The Morgan fingerprint density at radius 1 is 1.38 bits per heavy atom. The zero-order chi connectivity index (χ0) is 15.0. The van der Waals surface area contributed by atoms with Crippen LogP contribution in [0.4, 0.5) is 0 Å². The van der Waals surface area contributed by atoms with E-state index in [0.29, 0.717) is 23.2 Å². The van der Waals surface area contributed by atoms with Crippen LogP contribution in [0.2, 0.25) is 0 Å². The number of H-pyrrole nitrogens is 1. The number of sulfone groups is 1. The lowest BCUT2D eigenvalue weighted by atomic mass is 10.2. The Morgan fingerprint density at radius 2 is 2.19 bits per heavy atom. The molecule has 1 unspecified atom stereocenters. The lowest BCUT2D eigenvalue weighted by molar-refractivity contribution is 0.415. The molecule has 3 rings (SSSR count). The molecule has 0 amide bonds. The number of rotatable bonds is 3. The van der Waals surface area contributed by atoms with Gasteiger partial charge in [0.1, 0.15) is 5.75 Å². The highest BCUT2D eigenvalue weighted by Crippen LogP contribution is 2.23. The summed E-state index contributed by atoms with van der Waals surface area (Å²) in [5, 5.41) is -0.478. The minimum Gasteiger partial charge on any atom is -0.497 e. The van der Waals surface area contributed by atoms with Crippen molar-refractivity contribution in [2.45, 2.75) is 31.1 Å². The maximum Gasteiger partial charge on any atom is 0.326 e. The van der Waals surface area contributed by atoms with Crippen molar-refractivity contribution >= 4 is 20.9 Å². The Bertz CT molecular complexity index is 819. The number of nitrogens with zero attached hydrogens (tertiary/aromatic N) is 1. The summed E-state index contributed by atoms with van der Waals surface area (Å²) in [6.07, 6.45) is 2.23. The van der Waals surface area contributed by atoms with Crippen LogP contribution in [-0.2, 0) is 16.4 Å². The fraction of sp³-hybridized carbons (Fsp3) is 0.500. The first-order valence-corrected chi connectivity index (χ1v) is 8.71. The van der Waals surface area contributed by atoms with E-state index in [0.717, 1.165) is 12.8 Å². The molecule has 0 radical (unpaired) electrons. The van der Waals surface area contributed by atoms with Crippen molar-refractivity contribution in [1.29, 1.82) is 0 Å². The van der Waals surface area contributed by atoms with Crippen molar-refractivity contribution in [3.63, 3.8) is 0 Å². The SMILES string of the molecule is COc1ccc2[nH]c(=O)n(CC3CCCCS3(=O)=O)c2c1. The number of fused-ring (bicyclic) bond motifs is 1. The summed E-state index contributed by atoms with van der Waals surface area (Å²) >= 11 is 0. The first-order valence-electron chi connectivity index (χ1n) is 6.99. The second-order valence-corrected chi connectivity index (χ2v) is 7.81. The highest BCUT2D eigenvalue weighted by Gasteiger charge is 2.30. The summed E-state index contributed by atoms with van der Waals surface area (Å²) in [5.41, 5.74) is 1.09. The molecule has 1 aromatic carbocycles. The number of hydrogen-bond donors (Lipinski definition) is 1. The van der Waals surface area contributed by atoms with Crippen molar-refractivity contribution in [1.82, 2.24) is 9.55 Å². The van der Waals surface area contributed by atoms with Gasteiger partial charge >= 0.3 is 5.69 Å². The molecule has 1 aliphatic rings. The molecule has 7 heteroatoms. The summed E-state index contributed by atoms with van der Waals surface area (Å²) in [5.74, 6) is 0.861. The number of aromatic amines is 1. The zero-order valence-corrected chi connectivity index (χ0v) is 12.6. The summed E-state index contributed by atoms with van der Waals surface area (Å²) in [6.45, 7) is 0.203. The lowest BCUT2D eigenvalue weighted by Gasteiger charge is -2.22. The summed E-state index contributed by atoms with van der Waals surface area (Å²) in [6, 6.07) is 5.28. The summed E-state index contributed by atoms with van der Waals surface area (Å²) < 4.78 is 30.9. The molecule has 0 spiro atoms. The number of ether oxygens (including phenoxy) is 1. The van der Waals surface area contributed by atoms with Gasteiger partial charge in [-0.1, -0.05) is 6.42 Å². The molecule has 1 saturated heterocycles. The zero-order valence-electron chi connectivity index (χ0n) is 11.8. The first kappa shape index (κ1) is 14.2. The molecule has 1 aromatic heterocycles. The molecule has 114 valence electrons. The minimum absolute atomic E-state index is 0.203. The standard InChI is InChI=1S/C14H18N2O4S/c1-20-10-5-6-12-13(8-10)16(14(17)15-12)9-11-4-2-3-7-21(11,18)19/h5-6,8,11H,2-4,7,9H2,1H3,(H,15,17). The van der Waals surface area contributed by atoms with Crippen molar-refractivity contribution in [3.8, 4) is 5.75 Å². The van der Waals surface area contributed by atoms with E-state index in [1.807, 2.05) is 0 Å². The quantitative estimate of drug-likeness (QED) is 0.926. The van der Waals surface area contributed by atoms with Gasteiger partial charge in [0.05, 0.1) is 29.1 Å². The van der Waals surface area contributed by atoms with E-state index in [2.05, 4.69) is 4.98 Å². The van der Waals surface area contributed by atoms with Gasteiger partial charge in [0.25, 0.3) is 0 Å². The molecule has 2 heterocycles. The van der Waals surface area contributed by atoms with Crippen molar-refractivity contribution in [2.24, 2.45) is 0 Å².